The molecule has 3 rings (SSSR count). The van der Waals surface area contributed by atoms with Crippen LogP contribution in [0.1, 0.15) is 103 Å². The van der Waals surface area contributed by atoms with Crippen molar-refractivity contribution in [1.82, 2.24) is 0 Å². The fourth-order valence-electron chi connectivity index (χ4n) is 5.92. The molecule has 0 bridgehead atoms. The molecule has 0 aromatic rings. The number of hydrogen-bond acceptors (Lipinski definition) is 0. The average molecular weight is 291 g/mol. The molecule has 0 saturated heterocycles. The maximum absolute atomic E-state index is 2.63. The third-order valence-electron chi connectivity index (χ3n) is 7.36. The van der Waals surface area contributed by atoms with E-state index in [0.29, 0.717) is 0 Å². The molecule has 0 N–H and O–H groups in total. The van der Waals surface area contributed by atoms with Gasteiger partial charge in [0.25, 0.3) is 0 Å². The summed E-state index contributed by atoms with van der Waals surface area (Å²) in [5, 5.41) is 0. The van der Waals surface area contributed by atoms with Gasteiger partial charge in [-0.1, -0.05) is 90.4 Å². The van der Waals surface area contributed by atoms with Crippen molar-refractivity contribution in [3.8, 4) is 0 Å². The van der Waals surface area contributed by atoms with Gasteiger partial charge in [-0.2, -0.15) is 0 Å². The Kier molecular flexibility index (Phi) is 6.07. The molecular formula is C21H38. The Labute approximate surface area is 133 Å². The Morgan fingerprint density at radius 2 is 0.952 bits per heavy atom. The normalized spacial score (nSPS) is 36.7. The van der Waals surface area contributed by atoms with E-state index in [1.54, 1.807) is 57.8 Å². The van der Waals surface area contributed by atoms with Crippen LogP contribution in [0.5, 0.6) is 0 Å². The highest BCUT2D eigenvalue weighted by molar-refractivity contribution is 4.84. The SMILES string of the molecule is CC1C(CC2CCCCC2)CCCC1CC1CCCCC1. The van der Waals surface area contributed by atoms with E-state index in [0.717, 1.165) is 29.6 Å². The van der Waals surface area contributed by atoms with Crippen molar-refractivity contribution in [2.75, 3.05) is 0 Å². The van der Waals surface area contributed by atoms with Crippen LogP contribution in [0.3, 0.4) is 0 Å². The molecule has 0 radical (unpaired) electrons. The van der Waals surface area contributed by atoms with E-state index in [1.165, 1.54) is 38.5 Å². The minimum atomic E-state index is 1.03. The summed E-state index contributed by atoms with van der Waals surface area (Å²) in [6.45, 7) is 2.63. The largest absolute Gasteiger partial charge is 0.0620 e. The Balaban J connectivity index is 1.48. The van der Waals surface area contributed by atoms with Crippen molar-refractivity contribution < 1.29 is 0 Å². The van der Waals surface area contributed by atoms with Gasteiger partial charge >= 0.3 is 0 Å². The van der Waals surface area contributed by atoms with Crippen LogP contribution >= 0.6 is 0 Å². The highest BCUT2D eigenvalue weighted by Gasteiger charge is 2.33. The average Bonchev–Trinajstić information content (AvgIpc) is 2.53. The van der Waals surface area contributed by atoms with Crippen LogP contribution in [0.15, 0.2) is 0 Å². The smallest absolute Gasteiger partial charge is 0.0383 e. The van der Waals surface area contributed by atoms with Gasteiger partial charge in [-0.3, -0.25) is 0 Å². The van der Waals surface area contributed by atoms with Gasteiger partial charge in [0.1, 0.15) is 0 Å². The Bertz CT molecular complexity index is 254. The zero-order chi connectivity index (χ0) is 14.5. The van der Waals surface area contributed by atoms with Gasteiger partial charge in [0.2, 0.25) is 0 Å². The summed E-state index contributed by atoms with van der Waals surface area (Å²) >= 11 is 0. The maximum atomic E-state index is 2.63. The van der Waals surface area contributed by atoms with Crippen LogP contribution in [-0.4, -0.2) is 0 Å². The summed E-state index contributed by atoms with van der Waals surface area (Å²) in [6, 6.07) is 0. The molecule has 0 spiro atoms. The van der Waals surface area contributed by atoms with Crippen molar-refractivity contribution in [3.63, 3.8) is 0 Å². The maximum Gasteiger partial charge on any atom is -0.0383 e. The third kappa shape index (κ3) is 4.49. The lowest BCUT2D eigenvalue weighted by Crippen LogP contribution is -2.30. The van der Waals surface area contributed by atoms with E-state index in [4.69, 9.17) is 0 Å². The topological polar surface area (TPSA) is 0 Å². The van der Waals surface area contributed by atoms with E-state index < -0.39 is 0 Å². The summed E-state index contributed by atoms with van der Waals surface area (Å²) in [5.74, 6) is 5.38. The highest BCUT2D eigenvalue weighted by atomic mass is 14.4. The fraction of sp³-hybridized carbons (Fsp3) is 1.00. The summed E-state index contributed by atoms with van der Waals surface area (Å²) in [5.41, 5.74) is 0. The van der Waals surface area contributed by atoms with Gasteiger partial charge in [0.15, 0.2) is 0 Å². The highest BCUT2D eigenvalue weighted by Crippen LogP contribution is 2.44. The van der Waals surface area contributed by atoms with Crippen molar-refractivity contribution >= 4 is 0 Å². The molecule has 0 heterocycles. The molecule has 2 unspecified atom stereocenters. The molecule has 0 aromatic heterocycles. The lowest BCUT2D eigenvalue weighted by atomic mass is 9.65. The van der Waals surface area contributed by atoms with E-state index in [1.807, 2.05) is 0 Å². The van der Waals surface area contributed by atoms with Crippen LogP contribution in [0.4, 0.5) is 0 Å². The fourth-order valence-corrected chi connectivity index (χ4v) is 5.92. The van der Waals surface area contributed by atoms with Gasteiger partial charge in [-0.25, -0.2) is 0 Å². The summed E-state index contributed by atoms with van der Waals surface area (Å²) in [6.07, 6.45) is 23.2. The quantitative estimate of drug-likeness (QED) is 0.524. The zero-order valence-electron chi connectivity index (χ0n) is 14.5. The van der Waals surface area contributed by atoms with Gasteiger partial charge in [-0.05, 0) is 42.4 Å². The molecule has 0 amide bonds. The first-order valence-electron chi connectivity index (χ1n) is 10.3. The molecule has 3 fully saturated rings. The van der Waals surface area contributed by atoms with Gasteiger partial charge in [-0.15, -0.1) is 0 Å². The summed E-state index contributed by atoms with van der Waals surface area (Å²) in [7, 11) is 0. The second-order valence-corrected chi connectivity index (χ2v) is 8.79. The molecule has 3 aliphatic carbocycles. The van der Waals surface area contributed by atoms with E-state index in [9.17, 15) is 0 Å². The molecular weight excluding hydrogens is 252 g/mol. The zero-order valence-corrected chi connectivity index (χ0v) is 14.5. The molecule has 122 valence electrons. The Morgan fingerprint density at radius 3 is 1.38 bits per heavy atom. The third-order valence-corrected chi connectivity index (χ3v) is 7.36. The van der Waals surface area contributed by atoms with Crippen LogP contribution < -0.4 is 0 Å². The minimum Gasteiger partial charge on any atom is -0.0620 e. The molecule has 2 atom stereocenters. The Hall–Kier alpha value is 0. The van der Waals surface area contributed by atoms with Gasteiger partial charge < -0.3 is 0 Å². The second kappa shape index (κ2) is 8.02. The van der Waals surface area contributed by atoms with Crippen molar-refractivity contribution in [1.29, 1.82) is 0 Å². The molecule has 0 heteroatoms. The van der Waals surface area contributed by atoms with Gasteiger partial charge in [0, 0.05) is 0 Å². The van der Waals surface area contributed by atoms with Crippen LogP contribution in [0.25, 0.3) is 0 Å². The molecule has 0 aliphatic heterocycles. The van der Waals surface area contributed by atoms with Crippen LogP contribution in [0.2, 0.25) is 0 Å². The second-order valence-electron chi connectivity index (χ2n) is 8.79. The van der Waals surface area contributed by atoms with Gasteiger partial charge in [0.05, 0.1) is 0 Å². The van der Waals surface area contributed by atoms with Crippen molar-refractivity contribution in [3.05, 3.63) is 0 Å². The first-order chi connectivity index (χ1) is 10.3. The van der Waals surface area contributed by atoms with Crippen LogP contribution in [-0.2, 0) is 0 Å². The van der Waals surface area contributed by atoms with Crippen molar-refractivity contribution in [2.24, 2.45) is 29.6 Å². The summed E-state index contributed by atoms with van der Waals surface area (Å²) in [4.78, 5) is 0. The first-order valence-corrected chi connectivity index (χ1v) is 10.3. The molecule has 0 nitrogen and oxygen atoms in total. The van der Waals surface area contributed by atoms with E-state index in [2.05, 4.69) is 6.92 Å². The summed E-state index contributed by atoms with van der Waals surface area (Å²) < 4.78 is 0. The lowest BCUT2D eigenvalue weighted by molar-refractivity contribution is 0.106. The number of hydrogen-bond donors (Lipinski definition) is 0. The predicted molar refractivity (Wildman–Crippen MR) is 92.4 cm³/mol. The van der Waals surface area contributed by atoms with E-state index >= 15 is 0 Å². The van der Waals surface area contributed by atoms with Crippen LogP contribution in [0, 0.1) is 29.6 Å². The first kappa shape index (κ1) is 15.9. The van der Waals surface area contributed by atoms with Crippen molar-refractivity contribution in [2.45, 2.75) is 103 Å². The lowest BCUT2D eigenvalue weighted by Gasteiger charge is -2.40. The number of rotatable bonds is 4. The Morgan fingerprint density at radius 1 is 0.524 bits per heavy atom. The molecule has 3 aliphatic rings. The standard InChI is InChI=1S/C21H38/c1-17-20(15-18-9-4-2-5-10-18)13-8-14-21(17)16-19-11-6-3-7-12-19/h17-21H,2-16H2,1H3. The molecule has 21 heavy (non-hydrogen) atoms. The minimum absolute atomic E-state index is 1.03. The van der Waals surface area contributed by atoms with E-state index in [-0.39, 0.29) is 0 Å². The predicted octanol–water partition coefficient (Wildman–Crippen LogP) is 6.98. The molecule has 3 saturated carbocycles. The monoisotopic (exact) mass is 290 g/mol. The molecule has 0 aromatic carbocycles.